The van der Waals surface area contributed by atoms with Crippen molar-refractivity contribution in [3.05, 3.63) is 53.3 Å². The molecule has 0 amide bonds. The number of fused-ring (bicyclic) bond motifs is 1. The predicted octanol–water partition coefficient (Wildman–Crippen LogP) is 4.01. The van der Waals surface area contributed by atoms with Gasteiger partial charge in [-0.05, 0) is 43.0 Å². The maximum atomic E-state index is 12.5. The van der Waals surface area contributed by atoms with Crippen LogP contribution >= 0.6 is 0 Å². The number of anilines is 1. The van der Waals surface area contributed by atoms with E-state index >= 15 is 0 Å². The molecule has 0 bridgehead atoms. The molecule has 5 nitrogen and oxygen atoms in total. The minimum Gasteiger partial charge on any atom is -0.507 e. The molecule has 1 saturated heterocycles. The summed E-state index contributed by atoms with van der Waals surface area (Å²) in [7, 11) is 1.50. The standard InChI is InChI=1S/C21H21NO4/c1-25-16-12-17(23)20-18(13-16)26-19(21(20)24)11-14-5-7-15(8-6-14)22-9-3-2-4-10-22/h5-8,11-13,23H,2-4,9-10H2,1H3/b19-11-. The quantitative estimate of drug-likeness (QED) is 0.847. The number of piperidine rings is 1. The molecule has 0 aliphatic carbocycles. The number of phenols is 1. The number of benzene rings is 2. The first-order valence-corrected chi connectivity index (χ1v) is 8.86. The van der Waals surface area contributed by atoms with Crippen LogP contribution in [-0.2, 0) is 0 Å². The average molecular weight is 351 g/mol. The zero-order chi connectivity index (χ0) is 18.1. The summed E-state index contributed by atoms with van der Waals surface area (Å²) < 4.78 is 10.8. The van der Waals surface area contributed by atoms with Crippen molar-refractivity contribution < 1.29 is 19.4 Å². The summed E-state index contributed by atoms with van der Waals surface area (Å²) >= 11 is 0. The zero-order valence-electron chi connectivity index (χ0n) is 14.7. The second-order valence-corrected chi connectivity index (χ2v) is 6.60. The molecular formula is C21H21NO4. The van der Waals surface area contributed by atoms with Crippen molar-refractivity contribution in [3.63, 3.8) is 0 Å². The summed E-state index contributed by atoms with van der Waals surface area (Å²) in [6.07, 6.45) is 5.48. The van der Waals surface area contributed by atoms with Crippen LogP contribution in [0.25, 0.3) is 6.08 Å². The Morgan fingerprint density at radius 1 is 1.12 bits per heavy atom. The number of hydrogen-bond donors (Lipinski definition) is 1. The highest BCUT2D eigenvalue weighted by Gasteiger charge is 2.31. The van der Waals surface area contributed by atoms with E-state index in [1.165, 1.54) is 38.1 Å². The van der Waals surface area contributed by atoms with Gasteiger partial charge in [0.1, 0.15) is 22.8 Å². The van der Waals surface area contributed by atoms with E-state index in [0.717, 1.165) is 18.7 Å². The van der Waals surface area contributed by atoms with Crippen molar-refractivity contribution in [1.82, 2.24) is 0 Å². The molecule has 26 heavy (non-hydrogen) atoms. The topological polar surface area (TPSA) is 59.0 Å². The summed E-state index contributed by atoms with van der Waals surface area (Å²) in [4.78, 5) is 14.9. The molecule has 2 aromatic carbocycles. The number of Topliss-reactive ketones (excluding diaryl/α,β-unsaturated/α-hetero) is 1. The van der Waals surface area contributed by atoms with Gasteiger partial charge >= 0.3 is 0 Å². The third kappa shape index (κ3) is 3.01. The van der Waals surface area contributed by atoms with Crippen LogP contribution in [0.15, 0.2) is 42.2 Å². The number of carbonyl (C=O) groups excluding carboxylic acids is 1. The van der Waals surface area contributed by atoms with Crippen molar-refractivity contribution in [2.24, 2.45) is 0 Å². The van der Waals surface area contributed by atoms with Crippen LogP contribution in [0.5, 0.6) is 17.2 Å². The van der Waals surface area contributed by atoms with E-state index in [-0.39, 0.29) is 22.9 Å². The highest BCUT2D eigenvalue weighted by atomic mass is 16.5. The summed E-state index contributed by atoms with van der Waals surface area (Å²) in [5, 5.41) is 10.1. The first-order chi connectivity index (χ1) is 12.7. The van der Waals surface area contributed by atoms with E-state index in [1.54, 1.807) is 12.1 Å². The summed E-state index contributed by atoms with van der Waals surface area (Å²) in [5.74, 6) is 0.520. The van der Waals surface area contributed by atoms with Crippen LogP contribution in [0.3, 0.4) is 0 Å². The van der Waals surface area contributed by atoms with Gasteiger partial charge in [-0.3, -0.25) is 4.79 Å². The molecule has 0 spiro atoms. The second-order valence-electron chi connectivity index (χ2n) is 6.60. The number of methoxy groups -OCH3 is 1. The van der Waals surface area contributed by atoms with Gasteiger partial charge in [0.25, 0.3) is 0 Å². The van der Waals surface area contributed by atoms with Gasteiger partial charge in [-0.25, -0.2) is 0 Å². The normalized spacial score (nSPS) is 18.0. The van der Waals surface area contributed by atoms with Gasteiger partial charge in [0, 0.05) is 30.9 Å². The van der Waals surface area contributed by atoms with Crippen molar-refractivity contribution >= 4 is 17.5 Å². The van der Waals surface area contributed by atoms with Gasteiger partial charge < -0.3 is 19.5 Å². The van der Waals surface area contributed by atoms with Crippen LogP contribution in [0, 0.1) is 0 Å². The molecule has 4 rings (SSSR count). The Balaban J connectivity index is 1.57. The Hall–Kier alpha value is -2.95. The molecule has 0 aromatic heterocycles. The largest absolute Gasteiger partial charge is 0.507 e. The Bertz CT molecular complexity index is 864. The van der Waals surface area contributed by atoms with E-state index in [9.17, 15) is 9.90 Å². The number of ketones is 1. The third-order valence-corrected chi connectivity index (χ3v) is 4.87. The highest BCUT2D eigenvalue weighted by Crippen LogP contribution is 2.40. The minimum absolute atomic E-state index is 0.131. The van der Waals surface area contributed by atoms with Crippen molar-refractivity contribution in [2.45, 2.75) is 19.3 Å². The van der Waals surface area contributed by atoms with Crippen LogP contribution in [-0.4, -0.2) is 31.1 Å². The van der Waals surface area contributed by atoms with Crippen molar-refractivity contribution in [2.75, 3.05) is 25.1 Å². The van der Waals surface area contributed by atoms with Gasteiger partial charge in [0.2, 0.25) is 5.78 Å². The zero-order valence-corrected chi connectivity index (χ0v) is 14.7. The molecule has 1 fully saturated rings. The van der Waals surface area contributed by atoms with E-state index in [1.807, 2.05) is 12.1 Å². The molecule has 1 N–H and O–H groups in total. The molecule has 2 aliphatic heterocycles. The maximum absolute atomic E-state index is 12.5. The number of aromatic hydroxyl groups is 1. The monoisotopic (exact) mass is 351 g/mol. The molecule has 2 heterocycles. The molecule has 5 heteroatoms. The molecule has 0 unspecified atom stereocenters. The Kier molecular flexibility index (Phi) is 4.29. The number of rotatable bonds is 3. The van der Waals surface area contributed by atoms with E-state index in [0.29, 0.717) is 11.5 Å². The molecule has 2 aromatic rings. The van der Waals surface area contributed by atoms with Crippen LogP contribution < -0.4 is 14.4 Å². The van der Waals surface area contributed by atoms with Gasteiger partial charge in [0.05, 0.1) is 7.11 Å². The first kappa shape index (κ1) is 16.5. The molecule has 2 aliphatic rings. The van der Waals surface area contributed by atoms with Gasteiger partial charge in [0.15, 0.2) is 5.76 Å². The van der Waals surface area contributed by atoms with Crippen molar-refractivity contribution in [1.29, 1.82) is 0 Å². The maximum Gasteiger partial charge on any atom is 0.235 e. The minimum atomic E-state index is -0.319. The van der Waals surface area contributed by atoms with E-state index in [4.69, 9.17) is 9.47 Å². The number of allylic oxidation sites excluding steroid dienone is 1. The second kappa shape index (κ2) is 6.75. The molecule has 0 radical (unpaired) electrons. The van der Waals surface area contributed by atoms with Crippen molar-refractivity contribution in [3.8, 4) is 17.2 Å². The highest BCUT2D eigenvalue weighted by molar-refractivity contribution is 6.16. The number of phenolic OH excluding ortho intramolecular Hbond substituents is 1. The lowest BCUT2D eigenvalue weighted by Gasteiger charge is -2.28. The van der Waals surface area contributed by atoms with Crippen LogP contribution in [0.2, 0.25) is 0 Å². The lowest BCUT2D eigenvalue weighted by molar-refractivity contribution is 0.101. The number of nitrogens with zero attached hydrogens (tertiary/aromatic N) is 1. The number of carbonyl (C=O) groups is 1. The first-order valence-electron chi connectivity index (χ1n) is 8.86. The predicted molar refractivity (Wildman–Crippen MR) is 100 cm³/mol. The van der Waals surface area contributed by atoms with Gasteiger partial charge in [-0.1, -0.05) is 12.1 Å². The van der Waals surface area contributed by atoms with Crippen LogP contribution in [0.4, 0.5) is 5.69 Å². The van der Waals surface area contributed by atoms with E-state index < -0.39 is 0 Å². The Morgan fingerprint density at radius 3 is 2.54 bits per heavy atom. The van der Waals surface area contributed by atoms with Crippen LogP contribution in [0.1, 0.15) is 35.2 Å². The third-order valence-electron chi connectivity index (χ3n) is 4.87. The smallest absolute Gasteiger partial charge is 0.235 e. The fourth-order valence-electron chi connectivity index (χ4n) is 3.47. The average Bonchev–Trinajstić information content (AvgIpc) is 2.99. The Morgan fingerprint density at radius 2 is 1.85 bits per heavy atom. The fraction of sp³-hybridized carbons (Fsp3) is 0.286. The Labute approximate surface area is 152 Å². The lowest BCUT2D eigenvalue weighted by atomic mass is 10.1. The molecule has 134 valence electrons. The SMILES string of the molecule is COc1cc(O)c2c(c1)O/C(=C\c1ccc(N3CCCCC3)cc1)C2=O. The van der Waals surface area contributed by atoms with Gasteiger partial charge in [-0.15, -0.1) is 0 Å². The summed E-state index contributed by atoms with van der Waals surface area (Å²) in [5.41, 5.74) is 2.27. The fourth-order valence-corrected chi connectivity index (χ4v) is 3.47. The van der Waals surface area contributed by atoms with Gasteiger partial charge in [-0.2, -0.15) is 0 Å². The molecule has 0 saturated carbocycles. The van der Waals surface area contributed by atoms with E-state index in [2.05, 4.69) is 17.0 Å². The summed E-state index contributed by atoms with van der Waals surface area (Å²) in [6.45, 7) is 2.19. The lowest BCUT2D eigenvalue weighted by Crippen LogP contribution is -2.29. The number of ether oxygens (including phenoxy) is 2. The molecular weight excluding hydrogens is 330 g/mol. The number of hydrogen-bond acceptors (Lipinski definition) is 5. The summed E-state index contributed by atoms with van der Waals surface area (Å²) in [6, 6.07) is 11.1. The molecule has 0 atom stereocenters.